The Kier molecular flexibility index (Phi) is 6.79. The highest BCUT2D eigenvalue weighted by Gasteiger charge is 2.03. The van der Waals surface area contributed by atoms with Crippen LogP contribution in [0.4, 0.5) is 0 Å². The molecule has 2 N–H and O–H groups in total. The topological polar surface area (TPSA) is 45.7 Å². The Hall–Kier alpha value is -1.71. The highest BCUT2D eigenvalue weighted by molar-refractivity contribution is 5.79. The van der Waals surface area contributed by atoms with Crippen molar-refractivity contribution in [3.05, 3.63) is 29.3 Å². The first kappa shape index (κ1) is 15.3. The summed E-state index contributed by atoms with van der Waals surface area (Å²) in [7, 11) is 1.70. The predicted octanol–water partition coefficient (Wildman–Crippen LogP) is 2.47. The number of nitrogens with zero attached hydrogens (tertiary/aromatic N) is 1. The molecule has 0 saturated carbocycles. The van der Waals surface area contributed by atoms with E-state index in [1.54, 1.807) is 7.11 Å². The lowest BCUT2D eigenvalue weighted by Gasteiger charge is -2.11. The van der Waals surface area contributed by atoms with E-state index in [-0.39, 0.29) is 0 Å². The van der Waals surface area contributed by atoms with Crippen molar-refractivity contribution in [1.29, 1.82) is 0 Å². The van der Waals surface area contributed by atoms with Crippen molar-refractivity contribution in [2.24, 2.45) is 4.99 Å². The molecule has 0 aromatic heterocycles. The lowest BCUT2D eigenvalue weighted by Crippen LogP contribution is -2.37. The highest BCUT2D eigenvalue weighted by Crippen LogP contribution is 2.20. The Morgan fingerprint density at radius 2 is 2.05 bits per heavy atom. The number of guanidine groups is 1. The van der Waals surface area contributed by atoms with Gasteiger partial charge in [-0.25, -0.2) is 4.99 Å². The van der Waals surface area contributed by atoms with Crippen molar-refractivity contribution >= 4 is 5.96 Å². The molecule has 0 radical (unpaired) electrons. The third-order valence-electron chi connectivity index (χ3n) is 2.74. The van der Waals surface area contributed by atoms with Crippen LogP contribution in [0.25, 0.3) is 0 Å². The minimum absolute atomic E-state index is 0.614. The molecule has 19 heavy (non-hydrogen) atoms. The van der Waals surface area contributed by atoms with E-state index in [0.717, 1.165) is 36.8 Å². The van der Waals surface area contributed by atoms with Crippen molar-refractivity contribution < 1.29 is 4.74 Å². The summed E-state index contributed by atoms with van der Waals surface area (Å²) in [6, 6.07) is 6.19. The molecule has 1 aromatic rings. The molecule has 4 nitrogen and oxygen atoms in total. The molecule has 0 heterocycles. The van der Waals surface area contributed by atoms with Crippen LogP contribution in [0.2, 0.25) is 0 Å². The summed E-state index contributed by atoms with van der Waals surface area (Å²) in [6.45, 7) is 8.66. The van der Waals surface area contributed by atoms with Crippen LogP contribution in [0.5, 0.6) is 5.75 Å². The van der Waals surface area contributed by atoms with E-state index in [0.29, 0.717) is 6.54 Å². The Labute approximate surface area is 116 Å². The Bertz CT molecular complexity index is 416. The van der Waals surface area contributed by atoms with Crippen LogP contribution < -0.4 is 15.4 Å². The van der Waals surface area contributed by atoms with Crippen molar-refractivity contribution in [3.63, 3.8) is 0 Å². The predicted molar refractivity (Wildman–Crippen MR) is 80.8 cm³/mol. The molecule has 0 unspecified atom stereocenters. The second kappa shape index (κ2) is 8.40. The zero-order valence-corrected chi connectivity index (χ0v) is 12.4. The van der Waals surface area contributed by atoms with Gasteiger partial charge in [-0.2, -0.15) is 0 Å². The number of hydrogen-bond donors (Lipinski definition) is 2. The van der Waals surface area contributed by atoms with Crippen molar-refractivity contribution in [2.45, 2.75) is 33.7 Å². The molecule has 0 aliphatic rings. The largest absolute Gasteiger partial charge is 0.496 e. The van der Waals surface area contributed by atoms with Gasteiger partial charge in [0.1, 0.15) is 5.75 Å². The minimum atomic E-state index is 0.614. The van der Waals surface area contributed by atoms with Gasteiger partial charge < -0.3 is 15.4 Å². The molecule has 4 heteroatoms. The number of ether oxygens (including phenoxy) is 1. The van der Waals surface area contributed by atoms with E-state index < -0.39 is 0 Å². The van der Waals surface area contributed by atoms with Crippen molar-refractivity contribution in [1.82, 2.24) is 10.6 Å². The van der Waals surface area contributed by atoms with Gasteiger partial charge in [-0.3, -0.25) is 0 Å². The summed E-state index contributed by atoms with van der Waals surface area (Å²) in [4.78, 5) is 4.57. The van der Waals surface area contributed by atoms with Crippen LogP contribution in [0.1, 0.15) is 31.4 Å². The van der Waals surface area contributed by atoms with Crippen molar-refractivity contribution in [2.75, 3.05) is 20.2 Å². The van der Waals surface area contributed by atoms with Gasteiger partial charge in [-0.05, 0) is 31.9 Å². The summed E-state index contributed by atoms with van der Waals surface area (Å²) >= 11 is 0. The normalized spacial score (nSPS) is 11.3. The highest BCUT2D eigenvalue weighted by atomic mass is 16.5. The maximum absolute atomic E-state index is 5.39. The maximum atomic E-state index is 5.39. The fraction of sp³-hybridized carbons (Fsp3) is 0.533. The van der Waals surface area contributed by atoms with Gasteiger partial charge in [-0.15, -0.1) is 0 Å². The molecular weight excluding hydrogens is 238 g/mol. The molecule has 0 atom stereocenters. The molecule has 0 amide bonds. The average Bonchev–Trinajstić information content (AvgIpc) is 2.42. The SMILES string of the molecule is CCCNC(=NCc1ccc(C)cc1OC)NCC. The number of hydrogen-bond acceptors (Lipinski definition) is 2. The lowest BCUT2D eigenvalue weighted by molar-refractivity contribution is 0.409. The first-order chi connectivity index (χ1) is 9.21. The van der Waals surface area contributed by atoms with Crippen LogP contribution in [0.15, 0.2) is 23.2 Å². The van der Waals surface area contributed by atoms with Gasteiger partial charge in [0, 0.05) is 18.7 Å². The number of aryl methyl sites for hydroxylation is 1. The van der Waals surface area contributed by atoms with Gasteiger partial charge in [0.2, 0.25) is 0 Å². The van der Waals surface area contributed by atoms with Crippen LogP contribution in [0.3, 0.4) is 0 Å². The Balaban J connectivity index is 2.75. The fourth-order valence-corrected chi connectivity index (χ4v) is 1.73. The quantitative estimate of drug-likeness (QED) is 0.612. The molecule has 0 saturated heterocycles. The first-order valence-corrected chi connectivity index (χ1v) is 6.87. The number of rotatable bonds is 6. The number of aliphatic imine (C=N–C) groups is 1. The third kappa shape index (κ3) is 5.20. The summed E-state index contributed by atoms with van der Waals surface area (Å²) in [5.41, 5.74) is 2.29. The fourth-order valence-electron chi connectivity index (χ4n) is 1.73. The first-order valence-electron chi connectivity index (χ1n) is 6.87. The molecule has 106 valence electrons. The zero-order chi connectivity index (χ0) is 14.1. The van der Waals surface area contributed by atoms with Gasteiger partial charge in [0.15, 0.2) is 5.96 Å². The Morgan fingerprint density at radius 1 is 1.26 bits per heavy atom. The van der Waals surface area contributed by atoms with Gasteiger partial charge in [0.25, 0.3) is 0 Å². The number of benzene rings is 1. The third-order valence-corrected chi connectivity index (χ3v) is 2.74. The molecule has 1 rings (SSSR count). The zero-order valence-electron chi connectivity index (χ0n) is 12.4. The molecule has 0 bridgehead atoms. The number of nitrogens with one attached hydrogen (secondary N) is 2. The molecule has 0 aliphatic carbocycles. The molecule has 0 fully saturated rings. The average molecular weight is 263 g/mol. The Morgan fingerprint density at radius 3 is 2.68 bits per heavy atom. The van der Waals surface area contributed by atoms with E-state index in [4.69, 9.17) is 4.74 Å². The monoisotopic (exact) mass is 263 g/mol. The van der Waals surface area contributed by atoms with E-state index in [1.807, 2.05) is 6.07 Å². The smallest absolute Gasteiger partial charge is 0.191 e. The van der Waals surface area contributed by atoms with Crippen LogP contribution in [-0.4, -0.2) is 26.2 Å². The van der Waals surface area contributed by atoms with Crippen LogP contribution >= 0.6 is 0 Å². The van der Waals surface area contributed by atoms with E-state index >= 15 is 0 Å². The summed E-state index contributed by atoms with van der Waals surface area (Å²) in [5.74, 6) is 1.75. The lowest BCUT2D eigenvalue weighted by atomic mass is 10.1. The molecular formula is C15H25N3O. The summed E-state index contributed by atoms with van der Waals surface area (Å²) in [5, 5.41) is 6.52. The standard InChI is InChI=1S/C15H25N3O/c1-5-9-17-15(16-6-2)18-11-13-8-7-12(3)10-14(13)19-4/h7-8,10H,5-6,9,11H2,1-4H3,(H2,16,17,18). The van der Waals surface area contributed by atoms with Crippen LogP contribution in [-0.2, 0) is 6.54 Å². The van der Waals surface area contributed by atoms with E-state index in [9.17, 15) is 0 Å². The second-order valence-corrected chi connectivity index (χ2v) is 4.44. The summed E-state index contributed by atoms with van der Waals surface area (Å²) < 4.78 is 5.39. The van der Waals surface area contributed by atoms with Crippen LogP contribution in [0, 0.1) is 6.92 Å². The molecule has 0 spiro atoms. The summed E-state index contributed by atoms with van der Waals surface area (Å²) in [6.07, 6.45) is 1.08. The second-order valence-electron chi connectivity index (χ2n) is 4.44. The van der Waals surface area contributed by atoms with Gasteiger partial charge in [0.05, 0.1) is 13.7 Å². The van der Waals surface area contributed by atoms with Gasteiger partial charge in [-0.1, -0.05) is 19.1 Å². The molecule has 0 aliphatic heterocycles. The van der Waals surface area contributed by atoms with Crippen molar-refractivity contribution in [3.8, 4) is 5.75 Å². The van der Waals surface area contributed by atoms with E-state index in [1.165, 1.54) is 5.56 Å². The maximum Gasteiger partial charge on any atom is 0.191 e. The number of methoxy groups -OCH3 is 1. The minimum Gasteiger partial charge on any atom is -0.496 e. The molecule has 1 aromatic carbocycles. The van der Waals surface area contributed by atoms with E-state index in [2.05, 4.69) is 48.5 Å². The van der Waals surface area contributed by atoms with Gasteiger partial charge >= 0.3 is 0 Å².